The monoisotopic (exact) mass is 311 g/mol. The molecule has 1 unspecified atom stereocenters. The van der Waals surface area contributed by atoms with Crippen LogP contribution < -0.4 is 15.2 Å². The van der Waals surface area contributed by atoms with E-state index in [2.05, 4.69) is 4.74 Å². The Hall–Kier alpha value is -1.18. The number of rotatable bonds is 4. The summed E-state index contributed by atoms with van der Waals surface area (Å²) in [5.74, 6) is 0.968. The summed E-state index contributed by atoms with van der Waals surface area (Å²) in [5, 5.41) is 0.303. The van der Waals surface area contributed by atoms with Gasteiger partial charge in [0.25, 0.3) is 0 Å². The Bertz CT molecular complexity index is 482. The first-order valence-corrected chi connectivity index (χ1v) is 6.24. The molecular weight excluding hydrogens is 299 g/mol. The van der Waals surface area contributed by atoms with Crippen LogP contribution in [0, 0.1) is 0 Å². The Labute approximate surface area is 118 Å². The third kappa shape index (κ3) is 3.91. The van der Waals surface area contributed by atoms with Crippen LogP contribution in [0.1, 0.15) is 11.6 Å². The zero-order valence-electron chi connectivity index (χ0n) is 10.4. The number of alkyl halides is 3. The van der Waals surface area contributed by atoms with E-state index < -0.39 is 18.8 Å². The molecule has 4 nitrogen and oxygen atoms in total. The highest BCUT2D eigenvalue weighted by atomic mass is 35.5. The van der Waals surface area contributed by atoms with Crippen LogP contribution in [0.25, 0.3) is 0 Å². The summed E-state index contributed by atoms with van der Waals surface area (Å²) in [7, 11) is 0. The molecule has 0 bridgehead atoms. The van der Waals surface area contributed by atoms with Crippen molar-refractivity contribution in [2.45, 2.75) is 12.2 Å². The van der Waals surface area contributed by atoms with Crippen molar-refractivity contribution in [1.82, 2.24) is 0 Å². The molecule has 0 aromatic heterocycles. The number of halogens is 4. The van der Waals surface area contributed by atoms with E-state index in [-0.39, 0.29) is 6.61 Å². The summed E-state index contributed by atoms with van der Waals surface area (Å²) in [6, 6.07) is 2.33. The van der Waals surface area contributed by atoms with Gasteiger partial charge in [-0.3, -0.25) is 0 Å². The predicted octanol–water partition coefficient (Wildman–Crippen LogP) is 2.69. The van der Waals surface area contributed by atoms with E-state index in [1.165, 1.54) is 6.07 Å². The fourth-order valence-electron chi connectivity index (χ4n) is 1.76. The molecule has 2 rings (SSSR count). The lowest BCUT2D eigenvalue weighted by Crippen LogP contribution is -2.24. The van der Waals surface area contributed by atoms with E-state index in [1.807, 2.05) is 0 Å². The Morgan fingerprint density at radius 2 is 1.85 bits per heavy atom. The fraction of sp³-hybridized carbons (Fsp3) is 0.500. The molecule has 20 heavy (non-hydrogen) atoms. The molecule has 0 spiro atoms. The zero-order valence-corrected chi connectivity index (χ0v) is 11.1. The van der Waals surface area contributed by atoms with E-state index in [1.54, 1.807) is 6.07 Å². The molecule has 1 aliphatic rings. The minimum absolute atomic E-state index is 0.293. The first-order chi connectivity index (χ1) is 9.37. The van der Waals surface area contributed by atoms with E-state index in [9.17, 15) is 13.2 Å². The minimum atomic E-state index is -4.38. The molecule has 0 fully saturated rings. The van der Waals surface area contributed by atoms with Crippen LogP contribution in [-0.2, 0) is 4.74 Å². The molecule has 0 saturated heterocycles. The largest absolute Gasteiger partial charge is 0.486 e. The van der Waals surface area contributed by atoms with Gasteiger partial charge < -0.3 is 19.9 Å². The maximum Gasteiger partial charge on any atom is 0.411 e. The summed E-state index contributed by atoms with van der Waals surface area (Å²) in [4.78, 5) is 0. The second kappa shape index (κ2) is 6.07. The third-order valence-corrected chi connectivity index (χ3v) is 2.95. The normalized spacial score (nSPS) is 16.1. The van der Waals surface area contributed by atoms with Gasteiger partial charge in [-0.15, -0.1) is 0 Å². The lowest BCUT2D eigenvalue weighted by Gasteiger charge is -2.22. The van der Waals surface area contributed by atoms with Crippen LogP contribution in [0.5, 0.6) is 11.5 Å². The lowest BCUT2D eigenvalue weighted by molar-refractivity contribution is -0.174. The van der Waals surface area contributed by atoms with Gasteiger partial charge in [-0.2, -0.15) is 13.2 Å². The van der Waals surface area contributed by atoms with Crippen molar-refractivity contribution >= 4 is 11.6 Å². The molecule has 0 aliphatic carbocycles. The third-order valence-electron chi connectivity index (χ3n) is 2.62. The number of ether oxygens (including phenoxy) is 3. The SMILES string of the molecule is NC(COCC(F)(F)F)c1cc2c(cc1Cl)OCCO2. The lowest BCUT2D eigenvalue weighted by atomic mass is 10.1. The molecule has 1 heterocycles. The van der Waals surface area contributed by atoms with Crippen molar-refractivity contribution in [3.8, 4) is 11.5 Å². The Morgan fingerprint density at radius 1 is 1.25 bits per heavy atom. The molecular formula is C12H13ClF3NO3. The van der Waals surface area contributed by atoms with Crippen molar-refractivity contribution < 1.29 is 27.4 Å². The van der Waals surface area contributed by atoms with Crippen molar-refractivity contribution in [3.05, 3.63) is 22.7 Å². The van der Waals surface area contributed by atoms with Crippen molar-refractivity contribution in [2.24, 2.45) is 5.73 Å². The van der Waals surface area contributed by atoms with Gasteiger partial charge in [0.15, 0.2) is 11.5 Å². The molecule has 2 N–H and O–H groups in total. The van der Waals surface area contributed by atoms with Crippen LogP contribution in [0.2, 0.25) is 5.02 Å². The van der Waals surface area contributed by atoms with Gasteiger partial charge >= 0.3 is 6.18 Å². The van der Waals surface area contributed by atoms with Crippen molar-refractivity contribution in [2.75, 3.05) is 26.4 Å². The van der Waals surface area contributed by atoms with Crippen LogP contribution in [0.4, 0.5) is 13.2 Å². The average molecular weight is 312 g/mol. The number of fused-ring (bicyclic) bond motifs is 1. The highest BCUT2D eigenvalue weighted by molar-refractivity contribution is 6.31. The molecule has 0 radical (unpaired) electrons. The van der Waals surface area contributed by atoms with Crippen molar-refractivity contribution in [1.29, 1.82) is 0 Å². The molecule has 1 atom stereocenters. The molecule has 0 saturated carbocycles. The van der Waals surface area contributed by atoms with Crippen molar-refractivity contribution in [3.63, 3.8) is 0 Å². The van der Waals surface area contributed by atoms with E-state index >= 15 is 0 Å². The quantitative estimate of drug-likeness (QED) is 0.929. The summed E-state index contributed by atoms with van der Waals surface area (Å²) in [6.07, 6.45) is -4.38. The topological polar surface area (TPSA) is 53.7 Å². The zero-order chi connectivity index (χ0) is 14.8. The Morgan fingerprint density at radius 3 is 2.45 bits per heavy atom. The van der Waals surface area contributed by atoms with Crippen LogP contribution in [0.15, 0.2) is 12.1 Å². The smallest absolute Gasteiger partial charge is 0.411 e. The number of hydrogen-bond acceptors (Lipinski definition) is 4. The van der Waals surface area contributed by atoms with E-state index in [0.29, 0.717) is 35.3 Å². The summed E-state index contributed by atoms with van der Waals surface area (Å²) >= 11 is 6.03. The number of nitrogens with two attached hydrogens (primary N) is 1. The van der Waals surface area contributed by atoms with Crippen LogP contribution >= 0.6 is 11.6 Å². The summed E-state index contributed by atoms with van der Waals surface area (Å²) < 4.78 is 51.2. The van der Waals surface area contributed by atoms with Gasteiger partial charge in [0, 0.05) is 11.1 Å². The first kappa shape index (κ1) is 15.2. The van der Waals surface area contributed by atoms with Gasteiger partial charge in [0.1, 0.15) is 19.8 Å². The first-order valence-electron chi connectivity index (χ1n) is 5.86. The maximum atomic E-state index is 12.0. The Balaban J connectivity index is 2.04. The van der Waals surface area contributed by atoms with E-state index in [0.717, 1.165) is 0 Å². The average Bonchev–Trinajstić information content (AvgIpc) is 2.36. The number of benzene rings is 1. The second-order valence-electron chi connectivity index (χ2n) is 4.25. The fourth-order valence-corrected chi connectivity index (χ4v) is 2.05. The molecule has 112 valence electrons. The van der Waals surface area contributed by atoms with Gasteiger partial charge in [0.2, 0.25) is 0 Å². The molecule has 8 heteroatoms. The minimum Gasteiger partial charge on any atom is -0.486 e. The molecule has 1 aromatic rings. The molecule has 0 amide bonds. The predicted molar refractivity (Wildman–Crippen MR) is 66.2 cm³/mol. The summed E-state index contributed by atoms with van der Waals surface area (Å²) in [5.41, 5.74) is 6.24. The standard InChI is InChI=1S/C12H13ClF3NO3/c13-8-4-11-10(19-1-2-20-11)3-7(8)9(17)5-18-6-12(14,15)16/h3-4,9H,1-2,5-6,17H2. The number of hydrogen-bond donors (Lipinski definition) is 1. The van der Waals surface area contributed by atoms with Gasteiger partial charge in [0.05, 0.1) is 12.6 Å². The molecule has 1 aromatic carbocycles. The second-order valence-corrected chi connectivity index (χ2v) is 4.66. The summed E-state index contributed by atoms with van der Waals surface area (Å²) in [6.45, 7) is -0.820. The van der Waals surface area contributed by atoms with Gasteiger partial charge in [-0.05, 0) is 11.6 Å². The van der Waals surface area contributed by atoms with Gasteiger partial charge in [-0.1, -0.05) is 11.6 Å². The van der Waals surface area contributed by atoms with E-state index in [4.69, 9.17) is 26.8 Å². The highest BCUT2D eigenvalue weighted by Crippen LogP contribution is 2.37. The van der Waals surface area contributed by atoms with Crippen LogP contribution in [-0.4, -0.2) is 32.6 Å². The highest BCUT2D eigenvalue weighted by Gasteiger charge is 2.28. The Kier molecular flexibility index (Phi) is 4.62. The maximum absolute atomic E-state index is 12.0. The van der Waals surface area contributed by atoms with Crippen LogP contribution in [0.3, 0.4) is 0 Å². The van der Waals surface area contributed by atoms with Gasteiger partial charge in [-0.25, -0.2) is 0 Å². The molecule has 1 aliphatic heterocycles.